The van der Waals surface area contributed by atoms with Gasteiger partial charge in [0.1, 0.15) is 6.07 Å². The van der Waals surface area contributed by atoms with Gasteiger partial charge in [-0.15, -0.1) is 0 Å². The van der Waals surface area contributed by atoms with Crippen LogP contribution in [-0.2, 0) is 0 Å². The Bertz CT molecular complexity index is 456. The molecule has 1 saturated heterocycles. The Morgan fingerprint density at radius 3 is 2.56 bits per heavy atom. The third kappa shape index (κ3) is 2.55. The van der Waals surface area contributed by atoms with E-state index < -0.39 is 12.1 Å². The Labute approximate surface area is 103 Å². The number of nitrogens with zero attached hydrogens (tertiary/aromatic N) is 3. The summed E-state index contributed by atoms with van der Waals surface area (Å²) < 4.78 is 37.6. The zero-order valence-corrected chi connectivity index (χ0v) is 9.61. The fourth-order valence-corrected chi connectivity index (χ4v) is 2.18. The summed E-state index contributed by atoms with van der Waals surface area (Å²) in [4.78, 5) is 5.72. The van der Waals surface area contributed by atoms with Crippen molar-refractivity contribution in [2.45, 2.75) is 19.0 Å². The van der Waals surface area contributed by atoms with Gasteiger partial charge in [0.25, 0.3) is 0 Å². The van der Waals surface area contributed by atoms with E-state index >= 15 is 0 Å². The van der Waals surface area contributed by atoms with Crippen LogP contribution in [0.25, 0.3) is 0 Å². The lowest BCUT2D eigenvalue weighted by Gasteiger charge is -2.34. The van der Waals surface area contributed by atoms with Crippen LogP contribution in [0.15, 0.2) is 18.5 Å². The molecule has 3 nitrogen and oxygen atoms in total. The molecule has 0 aliphatic carbocycles. The molecule has 96 valence electrons. The Morgan fingerprint density at radius 2 is 2.00 bits per heavy atom. The van der Waals surface area contributed by atoms with Crippen LogP contribution in [-0.4, -0.2) is 24.2 Å². The minimum atomic E-state index is -4.11. The van der Waals surface area contributed by atoms with Crippen molar-refractivity contribution in [3.05, 3.63) is 24.0 Å². The number of hydrogen-bond acceptors (Lipinski definition) is 3. The number of alkyl halides is 3. The van der Waals surface area contributed by atoms with Crippen molar-refractivity contribution in [2.75, 3.05) is 18.0 Å². The summed E-state index contributed by atoms with van der Waals surface area (Å²) in [6.07, 6.45) is -0.928. The van der Waals surface area contributed by atoms with Crippen LogP contribution in [0.3, 0.4) is 0 Å². The predicted molar refractivity (Wildman–Crippen MR) is 59.9 cm³/mol. The third-order valence-corrected chi connectivity index (χ3v) is 3.22. The number of aromatic nitrogens is 1. The number of rotatable bonds is 1. The molecule has 1 aromatic rings. The number of nitriles is 1. The number of piperidine rings is 1. The molecule has 2 heterocycles. The minimum absolute atomic E-state index is 0.0727. The van der Waals surface area contributed by atoms with Gasteiger partial charge in [0.2, 0.25) is 0 Å². The molecule has 6 heteroatoms. The van der Waals surface area contributed by atoms with Crippen LogP contribution in [0, 0.1) is 17.2 Å². The maximum atomic E-state index is 12.5. The summed E-state index contributed by atoms with van der Waals surface area (Å²) in [5, 5.41) is 8.95. The van der Waals surface area contributed by atoms with Gasteiger partial charge in [0.05, 0.1) is 23.4 Å². The highest BCUT2D eigenvalue weighted by Crippen LogP contribution is 2.35. The first-order valence-electron chi connectivity index (χ1n) is 5.68. The van der Waals surface area contributed by atoms with Gasteiger partial charge in [0.15, 0.2) is 0 Å². The molecule has 0 bridgehead atoms. The Balaban J connectivity index is 2.09. The molecule has 1 aliphatic heterocycles. The normalized spacial score (nSPS) is 17.6. The zero-order valence-electron chi connectivity index (χ0n) is 9.61. The fourth-order valence-electron chi connectivity index (χ4n) is 2.18. The summed E-state index contributed by atoms with van der Waals surface area (Å²) in [5.41, 5.74) is 1.08. The molecular formula is C12H12F3N3. The molecular weight excluding hydrogens is 243 g/mol. The van der Waals surface area contributed by atoms with Crippen LogP contribution >= 0.6 is 0 Å². The van der Waals surface area contributed by atoms with Crippen LogP contribution in [0.1, 0.15) is 18.4 Å². The maximum Gasteiger partial charge on any atom is 0.391 e. The van der Waals surface area contributed by atoms with Gasteiger partial charge < -0.3 is 4.90 Å². The lowest BCUT2D eigenvalue weighted by atomic mass is 9.96. The second-order valence-electron chi connectivity index (χ2n) is 4.31. The van der Waals surface area contributed by atoms with Gasteiger partial charge in [-0.2, -0.15) is 18.4 Å². The first kappa shape index (κ1) is 12.7. The largest absolute Gasteiger partial charge is 0.391 e. The second-order valence-corrected chi connectivity index (χ2v) is 4.31. The molecule has 0 saturated carbocycles. The van der Waals surface area contributed by atoms with E-state index in [4.69, 9.17) is 5.26 Å². The van der Waals surface area contributed by atoms with E-state index in [1.54, 1.807) is 11.0 Å². The average Bonchev–Trinajstić information content (AvgIpc) is 2.38. The number of anilines is 1. The van der Waals surface area contributed by atoms with E-state index in [0.29, 0.717) is 24.3 Å². The highest BCUT2D eigenvalue weighted by molar-refractivity contribution is 5.57. The van der Waals surface area contributed by atoms with E-state index in [0.717, 1.165) is 0 Å². The van der Waals surface area contributed by atoms with E-state index in [9.17, 15) is 13.2 Å². The zero-order chi connectivity index (χ0) is 13.2. The molecule has 0 amide bonds. The summed E-state index contributed by atoms with van der Waals surface area (Å²) in [7, 11) is 0. The smallest absolute Gasteiger partial charge is 0.369 e. The quantitative estimate of drug-likeness (QED) is 0.774. The van der Waals surface area contributed by atoms with E-state index in [2.05, 4.69) is 4.98 Å². The van der Waals surface area contributed by atoms with Crippen molar-refractivity contribution < 1.29 is 13.2 Å². The Kier molecular flexibility index (Phi) is 3.41. The highest BCUT2D eigenvalue weighted by atomic mass is 19.4. The van der Waals surface area contributed by atoms with Gasteiger partial charge in [-0.25, -0.2) is 0 Å². The number of pyridine rings is 1. The van der Waals surface area contributed by atoms with E-state index in [1.807, 2.05) is 6.07 Å². The molecule has 0 spiro atoms. The molecule has 1 aliphatic rings. The van der Waals surface area contributed by atoms with Crippen molar-refractivity contribution in [1.82, 2.24) is 4.98 Å². The van der Waals surface area contributed by atoms with E-state index in [-0.39, 0.29) is 12.8 Å². The van der Waals surface area contributed by atoms with Crippen molar-refractivity contribution in [3.8, 4) is 6.07 Å². The van der Waals surface area contributed by atoms with E-state index in [1.165, 1.54) is 12.4 Å². The molecule has 0 aromatic carbocycles. The first-order valence-corrected chi connectivity index (χ1v) is 5.68. The first-order chi connectivity index (χ1) is 8.52. The van der Waals surface area contributed by atoms with Gasteiger partial charge in [-0.3, -0.25) is 4.98 Å². The molecule has 0 radical (unpaired) electrons. The molecule has 1 fully saturated rings. The van der Waals surface area contributed by atoms with Crippen molar-refractivity contribution >= 4 is 5.69 Å². The summed E-state index contributed by atoms with van der Waals surface area (Å²) in [5.74, 6) is -1.23. The third-order valence-electron chi connectivity index (χ3n) is 3.22. The minimum Gasteiger partial charge on any atom is -0.369 e. The van der Waals surface area contributed by atoms with Crippen LogP contribution < -0.4 is 4.90 Å². The lowest BCUT2D eigenvalue weighted by Crippen LogP contribution is -2.39. The summed E-state index contributed by atoms with van der Waals surface area (Å²) >= 11 is 0. The molecule has 0 unspecified atom stereocenters. The molecule has 0 atom stereocenters. The average molecular weight is 255 g/mol. The molecule has 2 rings (SSSR count). The SMILES string of the molecule is N#Cc1ccncc1N1CCC(C(F)(F)F)CC1. The van der Waals surface area contributed by atoms with Gasteiger partial charge in [-0.1, -0.05) is 0 Å². The van der Waals surface area contributed by atoms with Crippen molar-refractivity contribution in [1.29, 1.82) is 5.26 Å². The fraction of sp³-hybridized carbons (Fsp3) is 0.500. The lowest BCUT2D eigenvalue weighted by molar-refractivity contribution is -0.179. The monoisotopic (exact) mass is 255 g/mol. The Morgan fingerprint density at radius 1 is 1.33 bits per heavy atom. The second kappa shape index (κ2) is 4.84. The maximum absolute atomic E-state index is 12.5. The number of halogens is 3. The molecule has 18 heavy (non-hydrogen) atoms. The van der Waals surface area contributed by atoms with Crippen LogP contribution in [0.4, 0.5) is 18.9 Å². The van der Waals surface area contributed by atoms with Crippen LogP contribution in [0.5, 0.6) is 0 Å². The standard InChI is InChI=1S/C12H12F3N3/c13-12(14,15)10-2-5-18(6-3-10)11-8-17-4-1-9(11)7-16/h1,4,8,10H,2-3,5-6H2. The van der Waals surface area contributed by atoms with Gasteiger partial charge in [-0.05, 0) is 18.9 Å². The van der Waals surface area contributed by atoms with Crippen molar-refractivity contribution in [2.24, 2.45) is 5.92 Å². The van der Waals surface area contributed by atoms with Crippen LogP contribution in [0.2, 0.25) is 0 Å². The summed E-state index contributed by atoms with van der Waals surface area (Å²) in [6.45, 7) is 0.620. The summed E-state index contributed by atoms with van der Waals surface area (Å²) in [6, 6.07) is 3.61. The molecule has 0 N–H and O–H groups in total. The van der Waals surface area contributed by atoms with Gasteiger partial charge in [0, 0.05) is 19.3 Å². The van der Waals surface area contributed by atoms with Gasteiger partial charge >= 0.3 is 6.18 Å². The number of hydrogen-bond donors (Lipinski definition) is 0. The van der Waals surface area contributed by atoms with Crippen molar-refractivity contribution in [3.63, 3.8) is 0 Å². The highest BCUT2D eigenvalue weighted by Gasteiger charge is 2.41. The topological polar surface area (TPSA) is 39.9 Å². The Hall–Kier alpha value is -1.77. The predicted octanol–water partition coefficient (Wildman–Crippen LogP) is 2.73. The molecule has 1 aromatic heterocycles.